The van der Waals surface area contributed by atoms with Gasteiger partial charge in [0.1, 0.15) is 6.54 Å². The summed E-state index contributed by atoms with van der Waals surface area (Å²) in [5.41, 5.74) is 2.44. The number of aryl methyl sites for hydroxylation is 1. The predicted molar refractivity (Wildman–Crippen MR) is 96.2 cm³/mol. The summed E-state index contributed by atoms with van der Waals surface area (Å²) in [5, 5.41) is 0. The van der Waals surface area contributed by atoms with E-state index in [4.69, 9.17) is 0 Å². The van der Waals surface area contributed by atoms with Crippen LogP contribution in [0.25, 0.3) is 0 Å². The van der Waals surface area contributed by atoms with Crippen LogP contribution in [0.1, 0.15) is 17.5 Å². The molecule has 0 saturated carbocycles. The van der Waals surface area contributed by atoms with Crippen LogP contribution in [-0.2, 0) is 17.9 Å². The molecule has 1 aromatic carbocycles. The zero-order valence-electron chi connectivity index (χ0n) is 14.6. The van der Waals surface area contributed by atoms with E-state index in [1.807, 2.05) is 4.90 Å². The topological polar surface area (TPSA) is 58.4 Å². The van der Waals surface area contributed by atoms with E-state index in [0.717, 1.165) is 32.6 Å². The van der Waals surface area contributed by atoms with Gasteiger partial charge in [0.05, 0.1) is 6.33 Å². The second-order valence-electron chi connectivity index (χ2n) is 6.48. The highest BCUT2D eigenvalue weighted by molar-refractivity contribution is 5.76. The Morgan fingerprint density at radius 2 is 1.96 bits per heavy atom. The molecule has 0 spiro atoms. The first-order valence-electron chi connectivity index (χ1n) is 8.68. The third-order valence-corrected chi connectivity index (χ3v) is 4.69. The average Bonchev–Trinajstić information content (AvgIpc) is 2.85. The van der Waals surface area contributed by atoms with Gasteiger partial charge in [-0.2, -0.15) is 0 Å². The highest BCUT2D eigenvalue weighted by Gasteiger charge is 2.20. The Kier molecular flexibility index (Phi) is 5.60. The first kappa shape index (κ1) is 17.4. The average molecular weight is 340 g/mol. The van der Waals surface area contributed by atoms with Crippen molar-refractivity contribution in [1.82, 2.24) is 19.4 Å². The molecule has 0 aliphatic carbocycles. The summed E-state index contributed by atoms with van der Waals surface area (Å²) >= 11 is 0. The molecule has 0 atom stereocenters. The lowest BCUT2D eigenvalue weighted by molar-refractivity contribution is -0.131. The zero-order valence-corrected chi connectivity index (χ0v) is 14.6. The van der Waals surface area contributed by atoms with Crippen LogP contribution in [0.5, 0.6) is 0 Å². The van der Waals surface area contributed by atoms with Gasteiger partial charge in [-0.1, -0.05) is 24.3 Å². The highest BCUT2D eigenvalue weighted by Crippen LogP contribution is 2.13. The van der Waals surface area contributed by atoms with E-state index in [0.29, 0.717) is 6.54 Å². The summed E-state index contributed by atoms with van der Waals surface area (Å²) < 4.78 is 1.36. The van der Waals surface area contributed by atoms with Crippen molar-refractivity contribution in [2.24, 2.45) is 0 Å². The molecule has 1 amide bonds. The van der Waals surface area contributed by atoms with Crippen molar-refractivity contribution in [2.45, 2.75) is 26.4 Å². The number of rotatable bonds is 4. The van der Waals surface area contributed by atoms with E-state index in [1.165, 1.54) is 34.3 Å². The van der Waals surface area contributed by atoms with E-state index in [1.54, 1.807) is 0 Å². The van der Waals surface area contributed by atoms with E-state index in [2.05, 4.69) is 41.1 Å². The number of aromatic nitrogens is 2. The number of hydrogen-bond acceptors (Lipinski definition) is 4. The maximum Gasteiger partial charge on any atom is 0.253 e. The molecule has 3 rings (SSSR count). The lowest BCUT2D eigenvalue weighted by atomic mass is 10.1. The molecule has 6 heteroatoms. The number of carbonyl (C=O) groups excluding carboxylic acids is 1. The zero-order chi connectivity index (χ0) is 17.6. The highest BCUT2D eigenvalue weighted by atomic mass is 16.2. The monoisotopic (exact) mass is 340 g/mol. The Hall–Kier alpha value is -2.47. The predicted octanol–water partition coefficient (Wildman–Crippen LogP) is 1.29. The van der Waals surface area contributed by atoms with Crippen molar-refractivity contribution < 1.29 is 4.79 Å². The van der Waals surface area contributed by atoms with Crippen molar-refractivity contribution in [1.29, 1.82) is 0 Å². The molecule has 1 aliphatic rings. The summed E-state index contributed by atoms with van der Waals surface area (Å²) in [6.45, 7) is 6.36. The lowest BCUT2D eigenvalue weighted by Gasteiger charge is -2.22. The molecule has 0 radical (unpaired) electrons. The Bertz CT molecular complexity index is 787. The first-order valence-corrected chi connectivity index (χ1v) is 8.68. The van der Waals surface area contributed by atoms with Crippen LogP contribution in [0.3, 0.4) is 0 Å². The standard InChI is InChI=1S/C19H24N4O2/c1-16-5-2-3-6-17(16)13-21-9-4-10-22(12-11-21)19(25)14-23-15-20-8-7-18(23)24/h2-3,5-8,15H,4,9-14H2,1H3. The van der Waals surface area contributed by atoms with Crippen LogP contribution in [0, 0.1) is 6.92 Å². The fourth-order valence-corrected chi connectivity index (χ4v) is 3.15. The van der Waals surface area contributed by atoms with Crippen molar-refractivity contribution >= 4 is 5.91 Å². The lowest BCUT2D eigenvalue weighted by Crippen LogP contribution is -2.38. The van der Waals surface area contributed by atoms with Crippen LogP contribution in [-0.4, -0.2) is 51.4 Å². The fourth-order valence-electron chi connectivity index (χ4n) is 3.15. The summed E-state index contributed by atoms with van der Waals surface area (Å²) in [7, 11) is 0. The SMILES string of the molecule is Cc1ccccc1CN1CCCN(C(=O)Cn2cnccc2=O)CC1. The van der Waals surface area contributed by atoms with Gasteiger partial charge in [0.25, 0.3) is 5.56 Å². The summed E-state index contributed by atoms with van der Waals surface area (Å²) in [5.74, 6) is -0.0205. The van der Waals surface area contributed by atoms with Gasteiger partial charge in [-0.25, -0.2) is 4.98 Å². The molecule has 2 aromatic rings. The second kappa shape index (κ2) is 8.07. The van der Waals surface area contributed by atoms with Gasteiger partial charge in [-0.15, -0.1) is 0 Å². The number of benzene rings is 1. The molecule has 25 heavy (non-hydrogen) atoms. The Morgan fingerprint density at radius 3 is 2.76 bits per heavy atom. The summed E-state index contributed by atoms with van der Waals surface area (Å²) in [6, 6.07) is 9.80. The second-order valence-corrected chi connectivity index (χ2v) is 6.48. The van der Waals surface area contributed by atoms with Gasteiger partial charge in [-0.3, -0.25) is 19.1 Å². The molecule has 1 aliphatic heterocycles. The molecule has 6 nitrogen and oxygen atoms in total. The van der Waals surface area contributed by atoms with Crippen LogP contribution in [0.2, 0.25) is 0 Å². The summed E-state index contributed by atoms with van der Waals surface area (Å²) in [4.78, 5) is 32.4. The van der Waals surface area contributed by atoms with E-state index < -0.39 is 0 Å². The molecule has 2 heterocycles. The number of carbonyl (C=O) groups is 1. The Labute approximate surface area is 147 Å². The molecule has 0 bridgehead atoms. The summed E-state index contributed by atoms with van der Waals surface area (Å²) in [6.07, 6.45) is 3.81. The molecule has 132 valence electrons. The van der Waals surface area contributed by atoms with E-state index in [9.17, 15) is 9.59 Å². The van der Waals surface area contributed by atoms with Crippen molar-refractivity contribution in [3.8, 4) is 0 Å². The molecule has 1 fully saturated rings. The number of hydrogen-bond donors (Lipinski definition) is 0. The van der Waals surface area contributed by atoms with Crippen molar-refractivity contribution in [2.75, 3.05) is 26.2 Å². The molecule has 0 N–H and O–H groups in total. The minimum Gasteiger partial charge on any atom is -0.340 e. The third-order valence-electron chi connectivity index (χ3n) is 4.69. The quantitative estimate of drug-likeness (QED) is 0.841. The minimum absolute atomic E-state index is 0.0205. The molecule has 0 unspecified atom stereocenters. The van der Waals surface area contributed by atoms with Gasteiger partial charge in [0, 0.05) is 45.0 Å². The van der Waals surface area contributed by atoms with Crippen molar-refractivity contribution in [3.63, 3.8) is 0 Å². The van der Waals surface area contributed by atoms with Crippen LogP contribution in [0.4, 0.5) is 0 Å². The van der Waals surface area contributed by atoms with E-state index in [-0.39, 0.29) is 18.0 Å². The van der Waals surface area contributed by atoms with Crippen molar-refractivity contribution in [3.05, 3.63) is 64.3 Å². The maximum absolute atomic E-state index is 12.5. The third kappa shape index (κ3) is 4.54. The largest absolute Gasteiger partial charge is 0.340 e. The Morgan fingerprint density at radius 1 is 1.12 bits per heavy atom. The van der Waals surface area contributed by atoms with Gasteiger partial charge in [-0.05, 0) is 24.5 Å². The van der Waals surface area contributed by atoms with Gasteiger partial charge in [0.2, 0.25) is 5.91 Å². The number of nitrogens with zero attached hydrogens (tertiary/aromatic N) is 4. The minimum atomic E-state index is -0.195. The van der Waals surface area contributed by atoms with Gasteiger partial charge < -0.3 is 4.90 Å². The Balaban J connectivity index is 1.58. The normalized spacial score (nSPS) is 15.8. The molecular formula is C19H24N4O2. The molecule has 1 aromatic heterocycles. The first-order chi connectivity index (χ1) is 12.1. The van der Waals surface area contributed by atoms with Crippen LogP contribution < -0.4 is 5.56 Å². The van der Waals surface area contributed by atoms with Crippen LogP contribution in [0.15, 0.2) is 47.7 Å². The number of amides is 1. The molecular weight excluding hydrogens is 316 g/mol. The van der Waals surface area contributed by atoms with Gasteiger partial charge in [0.15, 0.2) is 0 Å². The molecule has 1 saturated heterocycles. The smallest absolute Gasteiger partial charge is 0.253 e. The van der Waals surface area contributed by atoms with Crippen LogP contribution >= 0.6 is 0 Å². The maximum atomic E-state index is 12.5. The fraction of sp³-hybridized carbons (Fsp3) is 0.421. The van der Waals surface area contributed by atoms with E-state index >= 15 is 0 Å². The van der Waals surface area contributed by atoms with Gasteiger partial charge >= 0.3 is 0 Å².